The Balaban J connectivity index is 1.51. The number of aliphatic imine (C=N–C) groups is 2. The Hall–Kier alpha value is -3.73. The van der Waals surface area contributed by atoms with E-state index in [-0.39, 0.29) is 11.7 Å². The molecular weight excluding hydrogens is 422 g/mol. The molecule has 0 radical (unpaired) electrons. The topological polar surface area (TPSA) is 63.0 Å². The number of nitrogens with zero attached hydrogens (tertiary/aromatic N) is 2. The third-order valence-corrected chi connectivity index (χ3v) is 6.32. The normalized spacial score (nSPS) is 17.9. The van der Waals surface area contributed by atoms with Crippen LogP contribution in [0, 0.1) is 5.92 Å². The molecule has 2 aromatic carbocycles. The lowest BCUT2D eigenvalue weighted by atomic mass is 9.86. The molecule has 1 unspecified atom stereocenters. The van der Waals surface area contributed by atoms with Gasteiger partial charge in [0.25, 0.3) is 0 Å². The summed E-state index contributed by atoms with van der Waals surface area (Å²) in [6.07, 6.45) is 11.3. The number of fused-ring (bicyclic) bond motifs is 1. The van der Waals surface area contributed by atoms with Crippen molar-refractivity contribution in [3.05, 3.63) is 89.8 Å². The van der Waals surface area contributed by atoms with Crippen LogP contribution in [0.4, 0.5) is 5.69 Å². The minimum Gasteiger partial charge on any atom is -0.497 e. The van der Waals surface area contributed by atoms with Gasteiger partial charge in [0.05, 0.1) is 12.8 Å². The third kappa shape index (κ3) is 5.25. The Morgan fingerprint density at radius 2 is 1.79 bits per heavy atom. The third-order valence-electron chi connectivity index (χ3n) is 6.32. The van der Waals surface area contributed by atoms with E-state index in [1.807, 2.05) is 48.8 Å². The van der Waals surface area contributed by atoms with Crippen molar-refractivity contribution in [2.75, 3.05) is 12.4 Å². The first-order valence-corrected chi connectivity index (χ1v) is 11.9. The number of ketones is 1. The van der Waals surface area contributed by atoms with Gasteiger partial charge in [-0.05, 0) is 79.3 Å². The van der Waals surface area contributed by atoms with Crippen LogP contribution in [0.3, 0.4) is 0 Å². The molecule has 0 saturated heterocycles. The summed E-state index contributed by atoms with van der Waals surface area (Å²) in [6.45, 7) is 4.15. The van der Waals surface area contributed by atoms with Gasteiger partial charge in [0.15, 0.2) is 11.6 Å². The molecule has 5 heteroatoms. The van der Waals surface area contributed by atoms with Gasteiger partial charge in [-0.3, -0.25) is 9.79 Å². The zero-order chi connectivity index (χ0) is 23.9. The minimum absolute atomic E-state index is 0.0463. The van der Waals surface area contributed by atoms with Gasteiger partial charge in [-0.1, -0.05) is 37.6 Å². The highest BCUT2D eigenvalue weighted by Gasteiger charge is 2.29. The lowest BCUT2D eigenvalue weighted by Crippen LogP contribution is -2.29. The first-order valence-electron chi connectivity index (χ1n) is 11.9. The molecule has 2 aliphatic rings. The highest BCUT2D eigenvalue weighted by molar-refractivity contribution is 6.48. The lowest BCUT2D eigenvalue weighted by Gasteiger charge is -2.21. The second-order valence-electron chi connectivity index (χ2n) is 8.40. The Kier molecular flexibility index (Phi) is 7.53. The second-order valence-corrected chi connectivity index (χ2v) is 8.40. The molecule has 5 nitrogen and oxygen atoms in total. The van der Waals surface area contributed by atoms with E-state index in [1.54, 1.807) is 13.2 Å². The Bertz CT molecular complexity index is 1180. The Morgan fingerprint density at radius 1 is 1.06 bits per heavy atom. The van der Waals surface area contributed by atoms with Gasteiger partial charge in [0.1, 0.15) is 5.75 Å². The number of carbonyl (C=O) groups is 1. The van der Waals surface area contributed by atoms with Crippen LogP contribution in [0.5, 0.6) is 5.75 Å². The van der Waals surface area contributed by atoms with Crippen molar-refractivity contribution in [1.29, 1.82) is 0 Å². The number of hydrogen-bond acceptors (Lipinski definition) is 5. The maximum absolute atomic E-state index is 12.6. The summed E-state index contributed by atoms with van der Waals surface area (Å²) in [5, 5.41) is 3.43. The van der Waals surface area contributed by atoms with E-state index in [0.717, 1.165) is 59.8 Å². The summed E-state index contributed by atoms with van der Waals surface area (Å²) < 4.78 is 5.30. The van der Waals surface area contributed by atoms with E-state index in [2.05, 4.69) is 42.4 Å². The summed E-state index contributed by atoms with van der Waals surface area (Å²) in [4.78, 5) is 22.0. The number of benzene rings is 2. The van der Waals surface area contributed by atoms with Crippen molar-refractivity contribution >= 4 is 28.6 Å². The van der Waals surface area contributed by atoms with Crippen LogP contribution in [-0.4, -0.2) is 24.4 Å². The fourth-order valence-corrected chi connectivity index (χ4v) is 4.25. The average molecular weight is 454 g/mol. The molecule has 0 spiro atoms. The molecule has 1 N–H and O–H groups in total. The number of rotatable bonds is 7. The predicted octanol–water partition coefficient (Wildman–Crippen LogP) is 6.85. The van der Waals surface area contributed by atoms with Crippen LogP contribution in [-0.2, 0) is 0 Å². The molecule has 0 saturated carbocycles. The number of methoxy groups -OCH3 is 1. The zero-order valence-electron chi connectivity index (χ0n) is 20.0. The van der Waals surface area contributed by atoms with Gasteiger partial charge in [0.2, 0.25) is 0 Å². The Morgan fingerprint density at radius 3 is 2.47 bits per heavy atom. The summed E-state index contributed by atoms with van der Waals surface area (Å²) in [5.74, 6) is 1.78. The van der Waals surface area contributed by atoms with Crippen molar-refractivity contribution in [1.82, 2.24) is 0 Å². The van der Waals surface area contributed by atoms with Gasteiger partial charge in [-0.2, -0.15) is 0 Å². The van der Waals surface area contributed by atoms with Crippen molar-refractivity contribution in [2.45, 2.75) is 39.5 Å². The van der Waals surface area contributed by atoms with Crippen LogP contribution in [0.2, 0.25) is 0 Å². The van der Waals surface area contributed by atoms with E-state index in [0.29, 0.717) is 5.56 Å². The van der Waals surface area contributed by atoms with Crippen LogP contribution in [0.15, 0.2) is 88.6 Å². The SMILES string of the molecule is CCC(=CC(=O)c1ccc(NC2=N/C=C\CCC3C(c4ccc(OC)cc4)=CN=C23)cc1)CC. The van der Waals surface area contributed by atoms with Gasteiger partial charge < -0.3 is 10.1 Å². The van der Waals surface area contributed by atoms with Crippen molar-refractivity contribution in [2.24, 2.45) is 15.9 Å². The van der Waals surface area contributed by atoms with E-state index < -0.39 is 0 Å². The van der Waals surface area contributed by atoms with Gasteiger partial charge >= 0.3 is 0 Å². The molecule has 174 valence electrons. The zero-order valence-corrected chi connectivity index (χ0v) is 20.0. The van der Waals surface area contributed by atoms with Crippen LogP contribution < -0.4 is 10.1 Å². The molecule has 1 atom stereocenters. The summed E-state index contributed by atoms with van der Waals surface area (Å²) in [7, 11) is 1.67. The highest BCUT2D eigenvalue weighted by atomic mass is 16.5. The number of allylic oxidation sites excluding steroid dienone is 4. The maximum atomic E-state index is 12.6. The smallest absolute Gasteiger partial charge is 0.185 e. The number of carbonyl (C=O) groups excluding carboxylic acids is 1. The lowest BCUT2D eigenvalue weighted by molar-refractivity contribution is 0.104. The van der Waals surface area contributed by atoms with E-state index in [9.17, 15) is 4.79 Å². The minimum atomic E-state index is 0.0463. The van der Waals surface area contributed by atoms with Crippen molar-refractivity contribution in [3.8, 4) is 5.75 Å². The molecule has 0 fully saturated rings. The molecule has 0 amide bonds. The Labute approximate surface area is 201 Å². The van der Waals surface area contributed by atoms with Crippen LogP contribution in [0.25, 0.3) is 5.57 Å². The maximum Gasteiger partial charge on any atom is 0.185 e. The number of ether oxygens (including phenoxy) is 1. The molecule has 2 aromatic rings. The average Bonchev–Trinajstić information content (AvgIpc) is 3.28. The second kappa shape index (κ2) is 10.9. The van der Waals surface area contributed by atoms with Crippen molar-refractivity contribution < 1.29 is 9.53 Å². The van der Waals surface area contributed by atoms with E-state index >= 15 is 0 Å². The number of hydrogen-bond donors (Lipinski definition) is 1. The van der Waals surface area contributed by atoms with Gasteiger partial charge in [-0.25, -0.2) is 4.99 Å². The standard InChI is InChI=1S/C29H31N3O2/c1-4-20(5-2)18-27(33)22-9-13-23(14-10-22)32-29-28-25(8-6-7-17-30-29)26(19-31-28)21-11-15-24(34-3)16-12-21/h7,9-19,25H,4-6,8H2,1-3H3,(H,30,32)/b17-7-. The van der Waals surface area contributed by atoms with Gasteiger partial charge in [0, 0.05) is 29.6 Å². The van der Waals surface area contributed by atoms with Gasteiger partial charge in [-0.15, -0.1) is 0 Å². The monoisotopic (exact) mass is 453 g/mol. The summed E-state index contributed by atoms with van der Waals surface area (Å²) >= 11 is 0. The molecule has 0 bridgehead atoms. The van der Waals surface area contributed by atoms with Crippen molar-refractivity contribution in [3.63, 3.8) is 0 Å². The van der Waals surface area contributed by atoms with Crippen LogP contribution >= 0.6 is 0 Å². The molecule has 4 rings (SSSR count). The number of nitrogens with one attached hydrogen (secondary N) is 1. The molecular formula is C29H31N3O2. The molecule has 34 heavy (non-hydrogen) atoms. The number of amidine groups is 1. The molecule has 0 aromatic heterocycles. The first-order chi connectivity index (χ1) is 16.6. The summed E-state index contributed by atoms with van der Waals surface area (Å²) in [5.41, 5.74) is 5.99. The fourth-order valence-electron chi connectivity index (χ4n) is 4.25. The summed E-state index contributed by atoms with van der Waals surface area (Å²) in [6, 6.07) is 15.7. The molecule has 0 aliphatic carbocycles. The number of anilines is 1. The fraction of sp³-hybridized carbons (Fsp3) is 0.276. The largest absolute Gasteiger partial charge is 0.497 e. The molecule has 2 aliphatic heterocycles. The molecule has 2 heterocycles. The quantitative estimate of drug-likeness (QED) is 0.368. The highest BCUT2D eigenvalue weighted by Crippen LogP contribution is 2.35. The first kappa shape index (κ1) is 23.4. The van der Waals surface area contributed by atoms with Crippen LogP contribution in [0.1, 0.15) is 55.5 Å². The van der Waals surface area contributed by atoms with E-state index in [1.165, 1.54) is 5.57 Å². The predicted molar refractivity (Wildman–Crippen MR) is 141 cm³/mol. The van der Waals surface area contributed by atoms with E-state index in [4.69, 9.17) is 9.73 Å².